The summed E-state index contributed by atoms with van der Waals surface area (Å²) in [5, 5.41) is 7.59. The standard InChI is InChI=1S/C12H14ClN3O/c1-8(13)11-14-15-12(17-11)9-4-6-10(7-5-9)16(2)3/h4-8H,1-3H3. The fourth-order valence-electron chi connectivity index (χ4n) is 1.41. The molecule has 17 heavy (non-hydrogen) atoms. The SMILES string of the molecule is CC(Cl)c1nnc(-c2ccc(N(C)C)cc2)o1. The Labute approximate surface area is 105 Å². The van der Waals surface area contributed by atoms with Gasteiger partial charge < -0.3 is 9.32 Å². The van der Waals surface area contributed by atoms with Gasteiger partial charge in [-0.05, 0) is 31.2 Å². The highest BCUT2D eigenvalue weighted by Gasteiger charge is 2.12. The second-order valence-electron chi connectivity index (χ2n) is 4.00. The summed E-state index contributed by atoms with van der Waals surface area (Å²) in [4.78, 5) is 2.03. The van der Waals surface area contributed by atoms with E-state index in [4.69, 9.17) is 16.0 Å². The number of anilines is 1. The molecule has 0 aliphatic heterocycles. The van der Waals surface area contributed by atoms with Crippen molar-refractivity contribution in [2.75, 3.05) is 19.0 Å². The number of halogens is 1. The van der Waals surface area contributed by atoms with Crippen LogP contribution in [0.5, 0.6) is 0 Å². The van der Waals surface area contributed by atoms with Crippen LogP contribution >= 0.6 is 11.6 Å². The molecule has 1 heterocycles. The predicted molar refractivity (Wildman–Crippen MR) is 68.3 cm³/mol. The Morgan fingerprint density at radius 2 is 1.82 bits per heavy atom. The van der Waals surface area contributed by atoms with Gasteiger partial charge in [-0.3, -0.25) is 0 Å². The minimum absolute atomic E-state index is 0.266. The zero-order chi connectivity index (χ0) is 12.4. The number of aromatic nitrogens is 2. The van der Waals surface area contributed by atoms with Crippen LogP contribution in [0.15, 0.2) is 28.7 Å². The third kappa shape index (κ3) is 2.58. The van der Waals surface area contributed by atoms with E-state index in [1.807, 2.05) is 43.3 Å². The van der Waals surface area contributed by atoms with Crippen LogP contribution in [0, 0.1) is 0 Å². The van der Waals surface area contributed by atoms with Crippen LogP contribution in [0.4, 0.5) is 5.69 Å². The maximum absolute atomic E-state index is 5.87. The number of nitrogens with zero attached hydrogens (tertiary/aromatic N) is 3. The molecule has 5 heteroatoms. The van der Waals surface area contributed by atoms with Crippen molar-refractivity contribution in [2.45, 2.75) is 12.3 Å². The lowest BCUT2D eigenvalue weighted by atomic mass is 10.2. The molecule has 1 aromatic heterocycles. The minimum atomic E-state index is -0.266. The van der Waals surface area contributed by atoms with Crippen molar-refractivity contribution in [3.8, 4) is 11.5 Å². The number of hydrogen-bond donors (Lipinski definition) is 0. The maximum Gasteiger partial charge on any atom is 0.247 e. The number of benzene rings is 1. The fraction of sp³-hybridized carbons (Fsp3) is 0.333. The van der Waals surface area contributed by atoms with Crippen molar-refractivity contribution >= 4 is 17.3 Å². The van der Waals surface area contributed by atoms with Crippen LogP contribution in [0.1, 0.15) is 18.2 Å². The molecule has 2 aromatic rings. The van der Waals surface area contributed by atoms with E-state index < -0.39 is 0 Å². The van der Waals surface area contributed by atoms with Crippen LogP contribution in [0.3, 0.4) is 0 Å². The Morgan fingerprint density at radius 3 is 2.29 bits per heavy atom. The molecule has 2 rings (SSSR count). The first-order chi connectivity index (χ1) is 8.08. The number of alkyl halides is 1. The average molecular weight is 252 g/mol. The van der Waals surface area contributed by atoms with Crippen molar-refractivity contribution in [3.05, 3.63) is 30.2 Å². The van der Waals surface area contributed by atoms with Gasteiger partial charge in [-0.15, -0.1) is 21.8 Å². The topological polar surface area (TPSA) is 42.2 Å². The van der Waals surface area contributed by atoms with Crippen molar-refractivity contribution in [2.24, 2.45) is 0 Å². The van der Waals surface area contributed by atoms with Crippen LogP contribution in [-0.2, 0) is 0 Å². The molecule has 0 fully saturated rings. The molecule has 1 aromatic carbocycles. The molecule has 0 amide bonds. The highest BCUT2D eigenvalue weighted by Crippen LogP contribution is 2.24. The molecular formula is C12H14ClN3O. The fourth-order valence-corrected chi connectivity index (χ4v) is 1.50. The largest absolute Gasteiger partial charge is 0.419 e. The van der Waals surface area contributed by atoms with Gasteiger partial charge in [0, 0.05) is 25.3 Å². The summed E-state index contributed by atoms with van der Waals surface area (Å²) in [6.45, 7) is 1.80. The molecule has 90 valence electrons. The molecular weight excluding hydrogens is 238 g/mol. The first-order valence-corrected chi connectivity index (χ1v) is 5.77. The molecule has 1 unspecified atom stereocenters. The quantitative estimate of drug-likeness (QED) is 0.786. The Morgan fingerprint density at radius 1 is 1.18 bits per heavy atom. The summed E-state index contributed by atoms with van der Waals surface area (Å²) in [6.07, 6.45) is 0. The highest BCUT2D eigenvalue weighted by atomic mass is 35.5. The van der Waals surface area contributed by atoms with Gasteiger partial charge in [0.05, 0.1) is 0 Å². The Kier molecular flexibility index (Phi) is 3.33. The van der Waals surface area contributed by atoms with Crippen LogP contribution in [-0.4, -0.2) is 24.3 Å². The second-order valence-corrected chi connectivity index (χ2v) is 4.66. The summed E-state index contributed by atoms with van der Waals surface area (Å²) >= 11 is 5.87. The summed E-state index contributed by atoms with van der Waals surface area (Å²) in [7, 11) is 3.99. The Hall–Kier alpha value is -1.55. The highest BCUT2D eigenvalue weighted by molar-refractivity contribution is 6.20. The zero-order valence-electron chi connectivity index (χ0n) is 10.0. The summed E-state index contributed by atoms with van der Waals surface area (Å²) in [5.41, 5.74) is 2.02. The second kappa shape index (κ2) is 4.75. The number of rotatable bonds is 3. The van der Waals surface area contributed by atoms with E-state index in [0.29, 0.717) is 11.8 Å². The maximum atomic E-state index is 5.87. The number of hydrogen-bond acceptors (Lipinski definition) is 4. The minimum Gasteiger partial charge on any atom is -0.419 e. The molecule has 0 spiro atoms. The van der Waals surface area contributed by atoms with E-state index in [9.17, 15) is 0 Å². The van der Waals surface area contributed by atoms with Crippen LogP contribution in [0.2, 0.25) is 0 Å². The monoisotopic (exact) mass is 251 g/mol. The van der Waals surface area contributed by atoms with Gasteiger partial charge in [-0.1, -0.05) is 0 Å². The van der Waals surface area contributed by atoms with Crippen LogP contribution < -0.4 is 4.90 Å². The first kappa shape index (κ1) is 11.9. The molecule has 0 saturated carbocycles. The van der Waals surface area contributed by atoms with Gasteiger partial charge in [0.15, 0.2) is 0 Å². The summed E-state index contributed by atoms with van der Waals surface area (Å²) in [5.74, 6) is 0.941. The Balaban J connectivity index is 2.27. The molecule has 1 atom stereocenters. The van der Waals surface area contributed by atoms with Crippen molar-refractivity contribution in [3.63, 3.8) is 0 Å². The average Bonchev–Trinajstić information content (AvgIpc) is 2.78. The van der Waals surface area contributed by atoms with E-state index in [2.05, 4.69) is 10.2 Å². The van der Waals surface area contributed by atoms with Gasteiger partial charge in [-0.2, -0.15) is 0 Å². The van der Waals surface area contributed by atoms with E-state index in [1.165, 1.54) is 0 Å². The molecule has 0 bridgehead atoms. The lowest BCUT2D eigenvalue weighted by molar-refractivity contribution is 0.507. The lowest BCUT2D eigenvalue weighted by Gasteiger charge is -2.11. The van der Waals surface area contributed by atoms with E-state index in [1.54, 1.807) is 6.92 Å². The summed E-state index contributed by atoms with van der Waals surface area (Å²) < 4.78 is 5.46. The lowest BCUT2D eigenvalue weighted by Crippen LogP contribution is -2.07. The third-order valence-corrected chi connectivity index (χ3v) is 2.60. The molecule has 0 radical (unpaired) electrons. The molecule has 0 aliphatic rings. The molecule has 0 N–H and O–H groups in total. The normalized spacial score (nSPS) is 12.5. The smallest absolute Gasteiger partial charge is 0.247 e. The zero-order valence-corrected chi connectivity index (χ0v) is 10.8. The molecule has 0 aliphatic carbocycles. The van der Waals surface area contributed by atoms with Gasteiger partial charge in [0.1, 0.15) is 5.38 Å². The summed E-state index contributed by atoms with van der Waals surface area (Å²) in [6, 6.07) is 7.91. The first-order valence-electron chi connectivity index (χ1n) is 5.33. The van der Waals surface area contributed by atoms with Crippen molar-refractivity contribution in [1.29, 1.82) is 0 Å². The van der Waals surface area contributed by atoms with Gasteiger partial charge in [0.2, 0.25) is 11.8 Å². The van der Waals surface area contributed by atoms with Crippen molar-refractivity contribution < 1.29 is 4.42 Å². The van der Waals surface area contributed by atoms with Gasteiger partial charge in [0.25, 0.3) is 0 Å². The van der Waals surface area contributed by atoms with Gasteiger partial charge in [-0.25, -0.2) is 0 Å². The third-order valence-electron chi connectivity index (χ3n) is 2.41. The van der Waals surface area contributed by atoms with E-state index in [-0.39, 0.29) is 5.38 Å². The Bertz CT molecular complexity index is 491. The molecule has 4 nitrogen and oxygen atoms in total. The van der Waals surface area contributed by atoms with Gasteiger partial charge >= 0.3 is 0 Å². The predicted octanol–water partition coefficient (Wildman–Crippen LogP) is 3.10. The van der Waals surface area contributed by atoms with E-state index in [0.717, 1.165) is 11.3 Å². The van der Waals surface area contributed by atoms with E-state index >= 15 is 0 Å². The van der Waals surface area contributed by atoms with Crippen LogP contribution in [0.25, 0.3) is 11.5 Å². The van der Waals surface area contributed by atoms with Crippen molar-refractivity contribution in [1.82, 2.24) is 10.2 Å². The molecule has 0 saturated heterocycles.